The van der Waals surface area contributed by atoms with E-state index in [1.807, 2.05) is 19.0 Å². The van der Waals surface area contributed by atoms with Gasteiger partial charge in [0.25, 0.3) is 5.91 Å². The number of fused-ring (bicyclic) bond motifs is 2. The van der Waals surface area contributed by atoms with Gasteiger partial charge in [-0.25, -0.2) is 14.5 Å². The minimum atomic E-state index is -0.0765. The normalized spacial score (nSPS) is 19.2. The van der Waals surface area contributed by atoms with E-state index in [0.29, 0.717) is 24.5 Å². The van der Waals surface area contributed by atoms with E-state index >= 15 is 0 Å². The van der Waals surface area contributed by atoms with Crippen LogP contribution in [0.15, 0.2) is 4.79 Å². The molecule has 1 aliphatic heterocycles. The minimum Gasteiger partial charge on any atom is -0.347 e. The number of thiazole rings is 1. The van der Waals surface area contributed by atoms with Crippen molar-refractivity contribution in [3.8, 4) is 0 Å². The summed E-state index contributed by atoms with van der Waals surface area (Å²) in [5.74, 6) is 0.748. The predicted octanol–water partition coefficient (Wildman–Crippen LogP) is 1.08. The maximum Gasteiger partial charge on any atom is 0.345 e. The van der Waals surface area contributed by atoms with Crippen molar-refractivity contribution in [1.82, 2.24) is 29.5 Å². The molecule has 1 aliphatic carbocycles. The number of carbonyl (C=O) groups excluding carboxylic acids is 1. The second-order valence-corrected chi connectivity index (χ2v) is 9.05. The highest BCUT2D eigenvalue weighted by Gasteiger charge is 2.24. The van der Waals surface area contributed by atoms with Crippen LogP contribution in [0.3, 0.4) is 0 Å². The number of rotatable bonds is 5. The Kier molecular flexibility index (Phi) is 5.63. The van der Waals surface area contributed by atoms with Crippen LogP contribution in [0.4, 0.5) is 0 Å². The molecule has 0 spiro atoms. The molecule has 2 aromatic heterocycles. The van der Waals surface area contributed by atoms with Crippen molar-refractivity contribution in [2.45, 2.75) is 64.1 Å². The first-order valence-corrected chi connectivity index (χ1v) is 10.9. The first-order valence-electron chi connectivity index (χ1n) is 10.1. The molecule has 1 amide bonds. The van der Waals surface area contributed by atoms with E-state index in [2.05, 4.69) is 15.4 Å². The zero-order valence-electron chi connectivity index (χ0n) is 16.6. The summed E-state index contributed by atoms with van der Waals surface area (Å²) in [5.41, 5.74) is 1.07. The van der Waals surface area contributed by atoms with Gasteiger partial charge in [0.05, 0.1) is 12.2 Å². The van der Waals surface area contributed by atoms with Crippen LogP contribution in [0.2, 0.25) is 0 Å². The summed E-state index contributed by atoms with van der Waals surface area (Å²) in [5, 5.41) is 8.23. The zero-order chi connectivity index (χ0) is 19.7. The van der Waals surface area contributed by atoms with Crippen molar-refractivity contribution >= 4 is 17.2 Å². The third-order valence-corrected chi connectivity index (χ3v) is 6.71. The average molecular weight is 405 g/mol. The van der Waals surface area contributed by atoms with E-state index in [0.717, 1.165) is 50.2 Å². The maximum absolute atomic E-state index is 12.7. The molecule has 8 nitrogen and oxygen atoms in total. The molecule has 28 heavy (non-hydrogen) atoms. The van der Waals surface area contributed by atoms with Crippen LogP contribution in [-0.4, -0.2) is 56.8 Å². The molecule has 0 bridgehead atoms. The Bertz CT molecular complexity index is 889. The van der Waals surface area contributed by atoms with E-state index in [4.69, 9.17) is 0 Å². The Hall–Kier alpha value is -2.00. The molecule has 152 valence electrons. The van der Waals surface area contributed by atoms with Crippen molar-refractivity contribution in [2.75, 3.05) is 20.6 Å². The molecule has 9 heteroatoms. The second kappa shape index (κ2) is 8.16. The van der Waals surface area contributed by atoms with Gasteiger partial charge in [-0.15, -0.1) is 11.3 Å². The lowest BCUT2D eigenvalue weighted by atomic mass is 10.0. The van der Waals surface area contributed by atoms with E-state index in [-0.39, 0.29) is 17.6 Å². The number of nitrogens with one attached hydrogen (secondary N) is 1. The highest BCUT2D eigenvalue weighted by atomic mass is 32.1. The lowest BCUT2D eigenvalue weighted by Crippen LogP contribution is -2.36. The quantitative estimate of drug-likeness (QED) is 0.806. The van der Waals surface area contributed by atoms with Gasteiger partial charge >= 0.3 is 5.69 Å². The van der Waals surface area contributed by atoms with Gasteiger partial charge in [-0.3, -0.25) is 9.36 Å². The first-order chi connectivity index (χ1) is 13.5. The molecule has 4 rings (SSSR count). The molecule has 2 aliphatic rings. The molecule has 3 heterocycles. The Morgan fingerprint density at radius 2 is 2.07 bits per heavy atom. The number of likely N-dealkylation sites (N-methyl/N-ethyl adjacent to an activating group) is 1. The number of nitrogens with zero attached hydrogens (tertiary/aromatic N) is 5. The third-order valence-electron chi connectivity index (χ3n) is 5.55. The van der Waals surface area contributed by atoms with Crippen molar-refractivity contribution in [2.24, 2.45) is 0 Å². The molecule has 0 aromatic carbocycles. The summed E-state index contributed by atoms with van der Waals surface area (Å²) in [6, 6.07) is 0.0461. The predicted molar refractivity (Wildman–Crippen MR) is 108 cm³/mol. The molecule has 0 saturated heterocycles. The summed E-state index contributed by atoms with van der Waals surface area (Å²) in [6.07, 6.45) is 6.62. The average Bonchev–Trinajstić information content (AvgIpc) is 3.17. The van der Waals surface area contributed by atoms with E-state index < -0.39 is 0 Å². The van der Waals surface area contributed by atoms with Crippen molar-refractivity contribution in [3.05, 3.63) is 31.9 Å². The third kappa shape index (κ3) is 4.05. The van der Waals surface area contributed by atoms with E-state index in [1.165, 1.54) is 11.3 Å². The summed E-state index contributed by atoms with van der Waals surface area (Å²) in [6.45, 7) is 1.98. The number of carbonyl (C=O) groups is 1. The number of amides is 1. The van der Waals surface area contributed by atoms with Gasteiger partial charge in [-0.2, -0.15) is 5.10 Å². The number of hydrogen-bond donors (Lipinski definition) is 1. The Morgan fingerprint density at radius 1 is 1.25 bits per heavy atom. The van der Waals surface area contributed by atoms with Crippen molar-refractivity contribution in [3.63, 3.8) is 0 Å². The summed E-state index contributed by atoms with van der Waals surface area (Å²) >= 11 is 1.54. The van der Waals surface area contributed by atoms with Gasteiger partial charge in [0.15, 0.2) is 5.01 Å². The maximum atomic E-state index is 12.7. The first kappa shape index (κ1) is 19.3. The second-order valence-electron chi connectivity index (χ2n) is 7.97. The molecule has 1 N–H and O–H groups in total. The smallest absolute Gasteiger partial charge is 0.345 e. The standard InChI is InChI=1S/C19H28N6O2S/c1-23(2)11-12-25-19(27)24-10-9-13(7-8-16(24)22-25)20-17(26)18-21-14-5-3-4-6-15(14)28-18/h13H,3-12H2,1-2H3,(H,20,26). The fourth-order valence-electron chi connectivity index (χ4n) is 3.91. The topological polar surface area (TPSA) is 85.0 Å². The summed E-state index contributed by atoms with van der Waals surface area (Å²) in [4.78, 5) is 33.1. The lowest BCUT2D eigenvalue weighted by molar-refractivity contribution is 0.0932. The van der Waals surface area contributed by atoms with Crippen LogP contribution in [0, 0.1) is 0 Å². The van der Waals surface area contributed by atoms with Crippen LogP contribution >= 0.6 is 11.3 Å². The number of aryl methyl sites for hydroxylation is 3. The fourth-order valence-corrected chi connectivity index (χ4v) is 4.96. The van der Waals surface area contributed by atoms with Crippen molar-refractivity contribution in [1.29, 1.82) is 0 Å². The van der Waals surface area contributed by atoms with Gasteiger partial charge in [-0.05, 0) is 52.6 Å². The SMILES string of the molecule is CN(C)CCn1nc2n(c1=O)CCC(NC(=O)c1nc3c(s1)CCCC3)CC2. The molecular formula is C19H28N6O2S. The Balaban J connectivity index is 1.38. The van der Waals surface area contributed by atoms with E-state index in [9.17, 15) is 9.59 Å². The molecule has 2 aromatic rings. The molecule has 1 atom stereocenters. The number of hydrogen-bond acceptors (Lipinski definition) is 6. The summed E-state index contributed by atoms with van der Waals surface area (Å²) < 4.78 is 3.33. The Labute approximate surface area is 168 Å². The molecule has 0 fully saturated rings. The summed E-state index contributed by atoms with van der Waals surface area (Å²) in [7, 11) is 3.97. The van der Waals surface area contributed by atoms with Crippen LogP contribution < -0.4 is 11.0 Å². The van der Waals surface area contributed by atoms with Gasteiger partial charge in [0.1, 0.15) is 5.82 Å². The number of aromatic nitrogens is 4. The van der Waals surface area contributed by atoms with Crippen LogP contribution in [0.1, 0.15) is 51.9 Å². The fraction of sp³-hybridized carbons (Fsp3) is 0.684. The highest BCUT2D eigenvalue weighted by molar-refractivity contribution is 7.13. The van der Waals surface area contributed by atoms with Crippen LogP contribution in [0.25, 0.3) is 0 Å². The van der Waals surface area contributed by atoms with Gasteiger partial charge in [0, 0.05) is 30.4 Å². The lowest BCUT2D eigenvalue weighted by Gasteiger charge is -2.15. The minimum absolute atomic E-state index is 0.0450. The molecule has 0 saturated carbocycles. The Morgan fingerprint density at radius 3 is 2.86 bits per heavy atom. The highest BCUT2D eigenvalue weighted by Crippen LogP contribution is 2.26. The van der Waals surface area contributed by atoms with Crippen molar-refractivity contribution < 1.29 is 4.79 Å². The van der Waals surface area contributed by atoms with Gasteiger partial charge < -0.3 is 10.2 Å². The largest absolute Gasteiger partial charge is 0.347 e. The van der Waals surface area contributed by atoms with E-state index in [1.54, 1.807) is 20.6 Å². The molecular weight excluding hydrogens is 376 g/mol. The molecule has 0 radical (unpaired) electrons. The van der Waals surface area contributed by atoms with Gasteiger partial charge in [-0.1, -0.05) is 0 Å². The molecule has 1 unspecified atom stereocenters. The van der Waals surface area contributed by atoms with Gasteiger partial charge in [0.2, 0.25) is 0 Å². The van der Waals surface area contributed by atoms with Crippen LogP contribution in [0.5, 0.6) is 0 Å². The monoisotopic (exact) mass is 404 g/mol. The zero-order valence-corrected chi connectivity index (χ0v) is 17.4. The van der Waals surface area contributed by atoms with Crippen LogP contribution in [-0.2, 0) is 32.4 Å².